The molecule has 0 N–H and O–H groups in total. The summed E-state index contributed by atoms with van der Waals surface area (Å²) in [5, 5.41) is 0. The Morgan fingerprint density at radius 1 is 1.13 bits per heavy atom. The standard InChI is InChI=1S/C5H7F5O4S/c6-4(7,5(8,9)10)2-1-3-14-15(11,12)13/h1-3H2,(H,11,12,13)/p-1. The maximum Gasteiger partial charge on any atom is 0.453 e. The van der Waals surface area contributed by atoms with Crippen molar-refractivity contribution in [2.45, 2.75) is 24.9 Å². The molecule has 0 atom stereocenters. The smallest absolute Gasteiger partial charge is 0.453 e. The fourth-order valence-corrected chi connectivity index (χ4v) is 0.919. The number of hydrogen-bond acceptors (Lipinski definition) is 4. The van der Waals surface area contributed by atoms with Crippen LogP contribution in [0.5, 0.6) is 0 Å². The van der Waals surface area contributed by atoms with Gasteiger partial charge in [0.2, 0.25) is 10.4 Å². The van der Waals surface area contributed by atoms with E-state index in [1.165, 1.54) is 0 Å². The summed E-state index contributed by atoms with van der Waals surface area (Å²) in [6.07, 6.45) is -8.22. The molecular formula is C5H6F5O4S-. The zero-order valence-corrected chi connectivity index (χ0v) is 7.87. The molecule has 92 valence electrons. The van der Waals surface area contributed by atoms with E-state index in [2.05, 4.69) is 4.18 Å². The molecule has 0 bridgehead atoms. The number of rotatable bonds is 5. The van der Waals surface area contributed by atoms with Crippen molar-refractivity contribution in [2.75, 3.05) is 6.61 Å². The van der Waals surface area contributed by atoms with Crippen LogP contribution in [0.3, 0.4) is 0 Å². The molecule has 10 heteroatoms. The van der Waals surface area contributed by atoms with Crippen molar-refractivity contribution in [3.8, 4) is 0 Å². The molecule has 0 saturated carbocycles. The Labute approximate surface area is 82.0 Å². The highest BCUT2D eigenvalue weighted by Crippen LogP contribution is 2.38. The Morgan fingerprint density at radius 3 is 1.93 bits per heavy atom. The summed E-state index contributed by atoms with van der Waals surface area (Å²) in [5.74, 6) is -4.91. The lowest BCUT2D eigenvalue weighted by Crippen LogP contribution is -2.36. The van der Waals surface area contributed by atoms with E-state index in [0.29, 0.717) is 0 Å². The minimum Gasteiger partial charge on any atom is -0.726 e. The molecule has 15 heavy (non-hydrogen) atoms. The van der Waals surface area contributed by atoms with E-state index in [1.54, 1.807) is 0 Å². The Bertz CT molecular complexity index is 295. The largest absolute Gasteiger partial charge is 0.726 e. The van der Waals surface area contributed by atoms with Gasteiger partial charge < -0.3 is 4.55 Å². The monoisotopic (exact) mass is 257 g/mol. The molecule has 0 unspecified atom stereocenters. The van der Waals surface area contributed by atoms with Crippen LogP contribution in [-0.4, -0.2) is 31.7 Å². The molecule has 0 aromatic rings. The first-order valence-corrected chi connectivity index (χ1v) is 4.84. The summed E-state index contributed by atoms with van der Waals surface area (Å²) < 4.78 is 91.6. The van der Waals surface area contributed by atoms with Crippen LogP contribution in [-0.2, 0) is 14.6 Å². The summed E-state index contributed by atoms with van der Waals surface area (Å²) in [7, 11) is -5.05. The first kappa shape index (κ1) is 14.5. The van der Waals surface area contributed by atoms with Crippen molar-refractivity contribution in [1.29, 1.82) is 0 Å². The topological polar surface area (TPSA) is 66.4 Å². The number of hydrogen-bond donors (Lipinski definition) is 0. The average Bonchev–Trinajstić information content (AvgIpc) is 1.94. The zero-order valence-electron chi connectivity index (χ0n) is 7.05. The molecule has 0 aliphatic rings. The highest BCUT2D eigenvalue weighted by atomic mass is 32.3. The summed E-state index contributed by atoms with van der Waals surface area (Å²) in [4.78, 5) is 0. The van der Waals surface area contributed by atoms with Gasteiger partial charge in [0.15, 0.2) is 0 Å². The Balaban J connectivity index is 3.98. The van der Waals surface area contributed by atoms with Crippen molar-refractivity contribution in [1.82, 2.24) is 0 Å². The third-order valence-electron chi connectivity index (χ3n) is 1.28. The van der Waals surface area contributed by atoms with Gasteiger partial charge in [0.05, 0.1) is 6.61 Å². The molecule has 0 heterocycles. The SMILES string of the molecule is O=S(=O)([O-])OCCCC(F)(F)C(F)(F)F. The molecule has 0 aromatic carbocycles. The molecule has 4 nitrogen and oxygen atoms in total. The highest BCUT2D eigenvalue weighted by molar-refractivity contribution is 7.80. The average molecular weight is 257 g/mol. The molecule has 0 fully saturated rings. The van der Waals surface area contributed by atoms with E-state index in [1.807, 2.05) is 0 Å². The van der Waals surface area contributed by atoms with Crippen LogP contribution >= 0.6 is 0 Å². The molecule has 0 aliphatic carbocycles. The van der Waals surface area contributed by atoms with Crippen LogP contribution < -0.4 is 0 Å². The first-order valence-electron chi connectivity index (χ1n) is 3.50. The van der Waals surface area contributed by atoms with Crippen LogP contribution in [0.2, 0.25) is 0 Å². The van der Waals surface area contributed by atoms with Crippen molar-refractivity contribution < 1.29 is 39.1 Å². The van der Waals surface area contributed by atoms with Gasteiger partial charge in [-0.05, 0) is 6.42 Å². The second-order valence-electron chi connectivity index (χ2n) is 2.54. The quantitative estimate of drug-likeness (QED) is 0.323. The predicted molar refractivity (Wildman–Crippen MR) is 35.9 cm³/mol. The lowest BCUT2D eigenvalue weighted by atomic mass is 10.2. The number of alkyl halides is 5. The van der Waals surface area contributed by atoms with E-state index in [9.17, 15) is 34.9 Å². The minimum atomic E-state index is -5.69. The summed E-state index contributed by atoms with van der Waals surface area (Å²) in [5.41, 5.74) is 0. The van der Waals surface area contributed by atoms with E-state index in [0.717, 1.165) is 0 Å². The van der Waals surface area contributed by atoms with Gasteiger partial charge >= 0.3 is 12.1 Å². The van der Waals surface area contributed by atoms with Crippen molar-refractivity contribution in [3.05, 3.63) is 0 Å². The lowest BCUT2D eigenvalue weighted by Gasteiger charge is -2.19. The van der Waals surface area contributed by atoms with Crippen LogP contribution in [0.15, 0.2) is 0 Å². The second kappa shape index (κ2) is 4.58. The fraction of sp³-hybridized carbons (Fsp3) is 1.00. The third-order valence-corrected chi connectivity index (χ3v) is 1.73. The molecule has 0 saturated heterocycles. The Kier molecular flexibility index (Phi) is 4.43. The van der Waals surface area contributed by atoms with Crippen molar-refractivity contribution >= 4 is 10.4 Å². The molecular weight excluding hydrogens is 251 g/mol. The van der Waals surface area contributed by atoms with Crippen LogP contribution in [0.1, 0.15) is 12.8 Å². The van der Waals surface area contributed by atoms with Gasteiger partial charge in [-0.2, -0.15) is 22.0 Å². The summed E-state index contributed by atoms with van der Waals surface area (Å²) >= 11 is 0. The van der Waals surface area contributed by atoms with E-state index < -0.39 is 41.9 Å². The minimum absolute atomic E-state index is 0.895. The normalized spacial score (nSPS) is 14.3. The van der Waals surface area contributed by atoms with Crippen molar-refractivity contribution in [3.63, 3.8) is 0 Å². The maximum absolute atomic E-state index is 12.1. The molecule has 0 amide bonds. The maximum atomic E-state index is 12.1. The molecule has 0 rings (SSSR count). The van der Waals surface area contributed by atoms with E-state index in [4.69, 9.17) is 0 Å². The Hall–Kier alpha value is -0.480. The van der Waals surface area contributed by atoms with Crippen molar-refractivity contribution in [2.24, 2.45) is 0 Å². The molecule has 0 spiro atoms. The zero-order chi connectivity index (χ0) is 12.3. The van der Waals surface area contributed by atoms with Gasteiger partial charge in [0.25, 0.3) is 0 Å². The second-order valence-corrected chi connectivity index (χ2v) is 3.59. The molecule has 0 aromatic heterocycles. The van der Waals surface area contributed by atoms with Gasteiger partial charge in [0.1, 0.15) is 0 Å². The third kappa shape index (κ3) is 5.85. The van der Waals surface area contributed by atoms with E-state index >= 15 is 0 Å². The number of halogens is 5. The summed E-state index contributed by atoms with van der Waals surface area (Å²) in [6.45, 7) is -1.00. The molecule has 0 aliphatic heterocycles. The molecule has 0 radical (unpaired) electrons. The fourth-order valence-electron chi connectivity index (χ4n) is 0.597. The van der Waals surface area contributed by atoms with Gasteiger partial charge in [-0.15, -0.1) is 0 Å². The lowest BCUT2D eigenvalue weighted by molar-refractivity contribution is -0.284. The first-order chi connectivity index (χ1) is 6.46. The highest BCUT2D eigenvalue weighted by Gasteiger charge is 2.56. The summed E-state index contributed by atoms with van der Waals surface area (Å²) in [6, 6.07) is 0. The van der Waals surface area contributed by atoms with Crippen LogP contribution in [0.4, 0.5) is 22.0 Å². The van der Waals surface area contributed by atoms with Gasteiger partial charge in [-0.3, -0.25) is 4.18 Å². The van der Waals surface area contributed by atoms with Gasteiger partial charge in [0, 0.05) is 6.42 Å². The van der Waals surface area contributed by atoms with Gasteiger partial charge in [-0.25, -0.2) is 8.42 Å². The van der Waals surface area contributed by atoms with E-state index in [-0.39, 0.29) is 0 Å². The predicted octanol–water partition coefficient (Wildman–Crippen LogP) is 1.44. The van der Waals surface area contributed by atoms with Gasteiger partial charge in [-0.1, -0.05) is 0 Å². The van der Waals surface area contributed by atoms with Crippen LogP contribution in [0, 0.1) is 0 Å². The van der Waals surface area contributed by atoms with Crippen LogP contribution in [0.25, 0.3) is 0 Å². The Morgan fingerprint density at radius 2 is 1.60 bits per heavy atom.